The molecule has 0 aliphatic carbocycles. The van der Waals surface area contributed by atoms with Crippen LogP contribution in [-0.2, 0) is 6.54 Å². The zero-order chi connectivity index (χ0) is 10.9. The first kappa shape index (κ1) is 12.0. The van der Waals surface area contributed by atoms with Crippen LogP contribution in [0.2, 0.25) is 0 Å². The number of unbranched alkanes of at least 4 members (excludes halogenated alkanes) is 3. The van der Waals surface area contributed by atoms with Crippen molar-refractivity contribution in [1.82, 2.24) is 4.98 Å². The molecule has 0 aromatic carbocycles. The molecular formula is C12H20N2O. The highest BCUT2D eigenvalue weighted by Crippen LogP contribution is 2.15. The fraction of sp³-hybridized carbons (Fsp3) is 0.583. The summed E-state index contributed by atoms with van der Waals surface area (Å²) in [6, 6.07) is 1.90. The third-order valence-corrected chi connectivity index (χ3v) is 2.35. The first-order valence-corrected chi connectivity index (χ1v) is 5.64. The molecule has 0 amide bonds. The van der Waals surface area contributed by atoms with Crippen molar-refractivity contribution < 1.29 is 4.74 Å². The molecule has 0 fully saturated rings. The second-order valence-electron chi connectivity index (χ2n) is 3.60. The van der Waals surface area contributed by atoms with Crippen LogP contribution in [0.15, 0.2) is 18.5 Å². The Kier molecular flexibility index (Phi) is 5.78. The lowest BCUT2D eigenvalue weighted by Gasteiger charge is -2.08. The third kappa shape index (κ3) is 4.30. The summed E-state index contributed by atoms with van der Waals surface area (Å²) in [7, 11) is 0. The summed E-state index contributed by atoms with van der Waals surface area (Å²) >= 11 is 0. The van der Waals surface area contributed by atoms with Crippen molar-refractivity contribution in [3.63, 3.8) is 0 Å². The maximum Gasteiger partial charge on any atom is 0.142 e. The molecule has 1 rings (SSSR count). The molecule has 0 unspecified atom stereocenters. The quantitative estimate of drug-likeness (QED) is 0.700. The Hall–Kier alpha value is -1.09. The topological polar surface area (TPSA) is 48.1 Å². The highest BCUT2D eigenvalue weighted by atomic mass is 16.5. The Morgan fingerprint density at radius 3 is 2.93 bits per heavy atom. The van der Waals surface area contributed by atoms with Crippen LogP contribution in [0, 0.1) is 0 Å². The first-order chi connectivity index (χ1) is 7.38. The van der Waals surface area contributed by atoms with Crippen molar-refractivity contribution in [2.75, 3.05) is 6.61 Å². The molecule has 15 heavy (non-hydrogen) atoms. The van der Waals surface area contributed by atoms with Gasteiger partial charge in [0.15, 0.2) is 0 Å². The van der Waals surface area contributed by atoms with Gasteiger partial charge < -0.3 is 10.5 Å². The van der Waals surface area contributed by atoms with Gasteiger partial charge >= 0.3 is 0 Å². The third-order valence-electron chi connectivity index (χ3n) is 2.35. The Morgan fingerprint density at radius 1 is 1.33 bits per heavy atom. The predicted octanol–water partition coefficient (Wildman–Crippen LogP) is 2.50. The molecule has 2 N–H and O–H groups in total. The maximum atomic E-state index is 5.63. The smallest absolute Gasteiger partial charge is 0.142 e. The Balaban J connectivity index is 2.30. The standard InChI is InChI=1S/C12H20N2O/c1-2-3-4-5-8-15-12-10-14-7-6-11(12)9-13/h6-7,10H,2-5,8-9,13H2,1H3. The van der Waals surface area contributed by atoms with Crippen LogP contribution in [0.25, 0.3) is 0 Å². The number of aromatic nitrogens is 1. The highest BCUT2D eigenvalue weighted by molar-refractivity contribution is 5.29. The van der Waals surface area contributed by atoms with E-state index < -0.39 is 0 Å². The van der Waals surface area contributed by atoms with E-state index in [9.17, 15) is 0 Å². The maximum absolute atomic E-state index is 5.63. The van der Waals surface area contributed by atoms with Gasteiger partial charge in [0, 0.05) is 18.3 Å². The van der Waals surface area contributed by atoms with Crippen molar-refractivity contribution in [3.05, 3.63) is 24.0 Å². The Labute approximate surface area is 91.7 Å². The molecular weight excluding hydrogens is 188 g/mol. The summed E-state index contributed by atoms with van der Waals surface area (Å²) in [5.41, 5.74) is 6.62. The van der Waals surface area contributed by atoms with Gasteiger partial charge in [-0.25, -0.2) is 0 Å². The lowest BCUT2D eigenvalue weighted by Crippen LogP contribution is -2.04. The van der Waals surface area contributed by atoms with Crippen molar-refractivity contribution >= 4 is 0 Å². The van der Waals surface area contributed by atoms with Gasteiger partial charge in [-0.05, 0) is 12.5 Å². The number of pyridine rings is 1. The largest absolute Gasteiger partial charge is 0.492 e. The van der Waals surface area contributed by atoms with E-state index in [-0.39, 0.29) is 0 Å². The van der Waals surface area contributed by atoms with Gasteiger partial charge in [0.25, 0.3) is 0 Å². The summed E-state index contributed by atoms with van der Waals surface area (Å²) in [5, 5.41) is 0. The van der Waals surface area contributed by atoms with E-state index in [1.807, 2.05) is 6.07 Å². The summed E-state index contributed by atoms with van der Waals surface area (Å²) < 4.78 is 5.63. The molecule has 1 heterocycles. The Morgan fingerprint density at radius 2 is 2.20 bits per heavy atom. The summed E-state index contributed by atoms with van der Waals surface area (Å²) in [6.45, 7) is 3.47. The molecule has 0 aliphatic rings. The minimum atomic E-state index is 0.507. The van der Waals surface area contributed by atoms with Crippen LogP contribution >= 0.6 is 0 Å². The van der Waals surface area contributed by atoms with Gasteiger partial charge in [0.1, 0.15) is 5.75 Å². The molecule has 0 radical (unpaired) electrons. The molecule has 3 nitrogen and oxygen atoms in total. The van der Waals surface area contributed by atoms with E-state index in [0.717, 1.165) is 24.3 Å². The molecule has 1 aromatic rings. The van der Waals surface area contributed by atoms with E-state index in [2.05, 4.69) is 11.9 Å². The van der Waals surface area contributed by atoms with Gasteiger partial charge in [-0.1, -0.05) is 26.2 Å². The summed E-state index contributed by atoms with van der Waals surface area (Å²) in [4.78, 5) is 4.03. The Bertz CT molecular complexity index is 276. The number of ether oxygens (including phenoxy) is 1. The number of hydrogen-bond donors (Lipinski definition) is 1. The van der Waals surface area contributed by atoms with Crippen molar-refractivity contribution in [2.45, 2.75) is 39.2 Å². The van der Waals surface area contributed by atoms with Gasteiger partial charge in [0.05, 0.1) is 12.8 Å². The van der Waals surface area contributed by atoms with E-state index in [1.54, 1.807) is 12.4 Å². The van der Waals surface area contributed by atoms with Crippen molar-refractivity contribution in [2.24, 2.45) is 5.73 Å². The van der Waals surface area contributed by atoms with Crippen LogP contribution in [0.3, 0.4) is 0 Å². The van der Waals surface area contributed by atoms with Gasteiger partial charge in [-0.15, -0.1) is 0 Å². The number of nitrogens with two attached hydrogens (primary N) is 1. The van der Waals surface area contributed by atoms with Gasteiger partial charge in [0.2, 0.25) is 0 Å². The molecule has 0 spiro atoms. The van der Waals surface area contributed by atoms with Crippen molar-refractivity contribution in [3.8, 4) is 5.75 Å². The lowest BCUT2D eigenvalue weighted by atomic mass is 10.2. The average molecular weight is 208 g/mol. The number of rotatable bonds is 7. The predicted molar refractivity (Wildman–Crippen MR) is 61.8 cm³/mol. The monoisotopic (exact) mass is 208 g/mol. The minimum absolute atomic E-state index is 0.507. The van der Waals surface area contributed by atoms with E-state index in [0.29, 0.717) is 6.54 Å². The fourth-order valence-electron chi connectivity index (χ4n) is 1.42. The van der Waals surface area contributed by atoms with E-state index in [4.69, 9.17) is 10.5 Å². The molecule has 0 saturated heterocycles. The van der Waals surface area contributed by atoms with Gasteiger partial charge in [-0.3, -0.25) is 4.98 Å². The SMILES string of the molecule is CCCCCCOc1cnccc1CN. The number of hydrogen-bond acceptors (Lipinski definition) is 3. The fourth-order valence-corrected chi connectivity index (χ4v) is 1.42. The van der Waals surface area contributed by atoms with Crippen LogP contribution in [0.4, 0.5) is 0 Å². The van der Waals surface area contributed by atoms with Crippen LogP contribution in [0.5, 0.6) is 5.75 Å². The zero-order valence-electron chi connectivity index (χ0n) is 9.41. The van der Waals surface area contributed by atoms with Crippen LogP contribution in [0.1, 0.15) is 38.2 Å². The minimum Gasteiger partial charge on any atom is -0.492 e. The molecule has 84 valence electrons. The summed E-state index contributed by atoms with van der Waals surface area (Å²) in [5.74, 6) is 0.830. The first-order valence-electron chi connectivity index (χ1n) is 5.64. The van der Waals surface area contributed by atoms with Gasteiger partial charge in [-0.2, -0.15) is 0 Å². The van der Waals surface area contributed by atoms with Crippen molar-refractivity contribution in [1.29, 1.82) is 0 Å². The molecule has 0 aliphatic heterocycles. The molecule has 0 saturated carbocycles. The average Bonchev–Trinajstić information content (AvgIpc) is 2.29. The second kappa shape index (κ2) is 7.23. The lowest BCUT2D eigenvalue weighted by molar-refractivity contribution is 0.301. The number of nitrogens with zero attached hydrogens (tertiary/aromatic N) is 1. The zero-order valence-corrected chi connectivity index (χ0v) is 9.41. The molecule has 0 atom stereocenters. The molecule has 3 heteroatoms. The molecule has 1 aromatic heterocycles. The molecule has 0 bridgehead atoms. The highest BCUT2D eigenvalue weighted by Gasteiger charge is 2.00. The van der Waals surface area contributed by atoms with E-state index >= 15 is 0 Å². The summed E-state index contributed by atoms with van der Waals surface area (Å²) in [6.07, 6.45) is 8.34. The van der Waals surface area contributed by atoms with Crippen LogP contribution in [-0.4, -0.2) is 11.6 Å². The van der Waals surface area contributed by atoms with E-state index in [1.165, 1.54) is 19.3 Å². The second-order valence-corrected chi connectivity index (χ2v) is 3.60. The normalized spacial score (nSPS) is 10.3. The van der Waals surface area contributed by atoms with Crippen LogP contribution < -0.4 is 10.5 Å².